The van der Waals surface area contributed by atoms with Crippen LogP contribution < -0.4 is 19.6 Å². The number of aromatic nitrogens is 1. The second-order valence-corrected chi connectivity index (χ2v) is 9.94. The Bertz CT molecular complexity index is 1580. The van der Waals surface area contributed by atoms with Gasteiger partial charge in [-0.15, -0.1) is 11.3 Å². The topological polar surface area (TPSA) is 69.9 Å². The summed E-state index contributed by atoms with van der Waals surface area (Å²) in [5.74, 6) is 0.225. The molecular weight excluding hydrogens is 492 g/mol. The summed E-state index contributed by atoms with van der Waals surface area (Å²) in [6.07, 6.45) is 1.87. The quantitative estimate of drug-likeness (QED) is 0.342. The largest absolute Gasteiger partial charge is 0.494 e. The minimum Gasteiger partial charge on any atom is -0.494 e. The van der Waals surface area contributed by atoms with Crippen LogP contribution in [-0.2, 0) is 9.53 Å². The van der Waals surface area contributed by atoms with Crippen molar-refractivity contribution in [1.29, 1.82) is 0 Å². The Hall–Kier alpha value is -3.75. The first-order chi connectivity index (χ1) is 17.6. The zero-order valence-electron chi connectivity index (χ0n) is 19.8. The van der Waals surface area contributed by atoms with E-state index in [0.717, 1.165) is 21.8 Å². The number of thiazole rings is 1. The normalized spacial score (nSPS) is 15.4. The van der Waals surface area contributed by atoms with E-state index in [1.54, 1.807) is 22.8 Å². The minimum atomic E-state index is -0.698. The van der Waals surface area contributed by atoms with Gasteiger partial charge >= 0.3 is 5.97 Å². The molecular formula is C28H24N2O4S2. The Morgan fingerprint density at radius 3 is 2.47 bits per heavy atom. The molecule has 4 aromatic rings. The maximum Gasteiger partial charge on any atom is 0.338 e. The lowest BCUT2D eigenvalue weighted by molar-refractivity contribution is -0.138. The smallest absolute Gasteiger partial charge is 0.338 e. The summed E-state index contributed by atoms with van der Waals surface area (Å²) in [5.41, 5.74) is 2.21. The summed E-state index contributed by atoms with van der Waals surface area (Å²) in [4.78, 5) is 33.6. The zero-order valence-corrected chi connectivity index (χ0v) is 21.5. The van der Waals surface area contributed by atoms with Crippen molar-refractivity contribution in [3.05, 3.63) is 113 Å². The van der Waals surface area contributed by atoms with E-state index >= 15 is 0 Å². The number of carbonyl (C=O) groups is 1. The lowest BCUT2D eigenvalue weighted by atomic mass is 9.93. The maximum atomic E-state index is 13.7. The molecule has 0 saturated heterocycles. The van der Waals surface area contributed by atoms with Gasteiger partial charge in [-0.05, 0) is 49.1 Å². The highest BCUT2D eigenvalue weighted by atomic mass is 32.1. The summed E-state index contributed by atoms with van der Waals surface area (Å²) in [6.45, 7) is 4.45. The van der Waals surface area contributed by atoms with Crippen LogP contribution in [0.1, 0.15) is 35.9 Å². The van der Waals surface area contributed by atoms with E-state index < -0.39 is 12.0 Å². The lowest BCUT2D eigenvalue weighted by Gasteiger charge is -2.26. The highest BCUT2D eigenvalue weighted by molar-refractivity contribution is 7.11. The van der Waals surface area contributed by atoms with Gasteiger partial charge in [0, 0.05) is 10.4 Å². The van der Waals surface area contributed by atoms with Gasteiger partial charge in [0.1, 0.15) is 5.75 Å². The second-order valence-electron chi connectivity index (χ2n) is 7.95. The predicted octanol–water partition coefficient (Wildman–Crippen LogP) is 4.40. The Morgan fingerprint density at radius 1 is 1.03 bits per heavy atom. The SMILES string of the molecule is CCOC(=O)C1=C(c2ccccc2)N=c2s/c(=C\c3cccs3)c(=O)n2[C@H]1c1ccc(OCC)cc1. The number of fused-ring (bicyclic) bond motifs is 1. The third kappa shape index (κ3) is 4.57. The van der Waals surface area contributed by atoms with Crippen LogP contribution in [0.5, 0.6) is 5.75 Å². The molecule has 0 amide bonds. The number of ether oxygens (including phenoxy) is 2. The molecule has 0 radical (unpaired) electrons. The average molecular weight is 517 g/mol. The molecule has 0 fully saturated rings. The second kappa shape index (κ2) is 10.5. The van der Waals surface area contributed by atoms with Crippen LogP contribution in [0.25, 0.3) is 11.8 Å². The number of thiophene rings is 1. The Kier molecular flexibility index (Phi) is 6.97. The first-order valence-corrected chi connectivity index (χ1v) is 13.3. The fourth-order valence-electron chi connectivity index (χ4n) is 4.17. The Morgan fingerprint density at radius 2 is 1.81 bits per heavy atom. The van der Waals surface area contributed by atoms with Gasteiger partial charge in [0.15, 0.2) is 4.80 Å². The van der Waals surface area contributed by atoms with Crippen molar-refractivity contribution in [1.82, 2.24) is 4.57 Å². The molecule has 0 saturated carbocycles. The molecule has 6 nitrogen and oxygen atoms in total. The van der Waals surface area contributed by atoms with E-state index in [2.05, 4.69) is 0 Å². The Labute approximate surface area is 216 Å². The number of carbonyl (C=O) groups excluding carboxylic acids is 1. The molecule has 0 unspecified atom stereocenters. The monoisotopic (exact) mass is 516 g/mol. The van der Waals surface area contributed by atoms with Crippen molar-refractivity contribution in [3.8, 4) is 5.75 Å². The standard InChI is InChI=1S/C28H24N2O4S2/c1-3-33-20-14-12-19(13-15-20)25-23(27(32)34-4-2)24(18-9-6-5-7-10-18)29-28-30(25)26(31)22(36-28)17-21-11-8-16-35-21/h5-17,25H,3-4H2,1-2H3/b22-17-/t25-/m0/s1. The van der Waals surface area contributed by atoms with Gasteiger partial charge in [0.2, 0.25) is 0 Å². The molecule has 0 bridgehead atoms. The van der Waals surface area contributed by atoms with Gasteiger partial charge in [-0.1, -0.05) is 59.9 Å². The fourth-order valence-corrected chi connectivity index (χ4v) is 5.90. The highest BCUT2D eigenvalue weighted by Crippen LogP contribution is 2.35. The van der Waals surface area contributed by atoms with Crippen LogP contribution in [0.2, 0.25) is 0 Å². The number of benzene rings is 2. The summed E-state index contributed by atoms with van der Waals surface area (Å²) >= 11 is 2.88. The molecule has 3 heterocycles. The maximum absolute atomic E-state index is 13.7. The minimum absolute atomic E-state index is 0.194. The molecule has 1 aliphatic rings. The number of hydrogen-bond donors (Lipinski definition) is 0. The van der Waals surface area contributed by atoms with Crippen molar-refractivity contribution in [2.75, 3.05) is 13.2 Å². The molecule has 0 spiro atoms. The van der Waals surface area contributed by atoms with Gasteiger partial charge in [0.05, 0.1) is 35.1 Å². The van der Waals surface area contributed by atoms with Crippen LogP contribution in [-0.4, -0.2) is 23.8 Å². The van der Waals surface area contributed by atoms with E-state index in [0.29, 0.717) is 27.2 Å². The number of rotatable bonds is 7. The highest BCUT2D eigenvalue weighted by Gasteiger charge is 2.35. The molecule has 2 aromatic carbocycles. The molecule has 8 heteroatoms. The number of esters is 1. The molecule has 2 aromatic heterocycles. The predicted molar refractivity (Wildman–Crippen MR) is 143 cm³/mol. The van der Waals surface area contributed by atoms with E-state index in [-0.39, 0.29) is 12.2 Å². The van der Waals surface area contributed by atoms with E-state index in [1.807, 2.05) is 85.1 Å². The van der Waals surface area contributed by atoms with Gasteiger partial charge in [-0.25, -0.2) is 9.79 Å². The third-order valence-electron chi connectivity index (χ3n) is 5.70. The van der Waals surface area contributed by atoms with Crippen LogP contribution in [0.4, 0.5) is 0 Å². The van der Waals surface area contributed by atoms with Gasteiger partial charge < -0.3 is 9.47 Å². The van der Waals surface area contributed by atoms with E-state index in [4.69, 9.17) is 14.5 Å². The summed E-state index contributed by atoms with van der Waals surface area (Å²) in [5, 5.41) is 1.97. The average Bonchev–Trinajstić information content (AvgIpc) is 3.52. The van der Waals surface area contributed by atoms with Crippen molar-refractivity contribution < 1.29 is 14.3 Å². The van der Waals surface area contributed by atoms with Crippen LogP contribution in [0, 0.1) is 0 Å². The number of nitrogens with zero attached hydrogens (tertiary/aromatic N) is 2. The molecule has 0 aliphatic carbocycles. The van der Waals surface area contributed by atoms with Crippen LogP contribution >= 0.6 is 22.7 Å². The van der Waals surface area contributed by atoms with Gasteiger partial charge in [-0.2, -0.15) is 0 Å². The van der Waals surface area contributed by atoms with Crippen molar-refractivity contribution in [2.45, 2.75) is 19.9 Å². The molecule has 0 N–H and O–H groups in total. The molecule has 1 atom stereocenters. The van der Waals surface area contributed by atoms with Gasteiger partial charge in [-0.3, -0.25) is 9.36 Å². The summed E-state index contributed by atoms with van der Waals surface area (Å²) in [7, 11) is 0. The van der Waals surface area contributed by atoms with Crippen LogP contribution in [0.15, 0.2) is 87.5 Å². The fraction of sp³-hybridized carbons (Fsp3) is 0.179. The van der Waals surface area contributed by atoms with Crippen molar-refractivity contribution >= 4 is 40.4 Å². The molecule has 1 aliphatic heterocycles. The third-order valence-corrected chi connectivity index (χ3v) is 7.50. The van der Waals surface area contributed by atoms with Crippen molar-refractivity contribution in [2.24, 2.45) is 4.99 Å². The molecule has 36 heavy (non-hydrogen) atoms. The molecule has 5 rings (SSSR count). The molecule has 182 valence electrons. The van der Waals surface area contributed by atoms with Gasteiger partial charge in [0.25, 0.3) is 5.56 Å². The summed E-state index contributed by atoms with van der Waals surface area (Å²) < 4.78 is 13.3. The first kappa shape index (κ1) is 24.0. The van der Waals surface area contributed by atoms with E-state index in [9.17, 15) is 9.59 Å². The lowest BCUT2D eigenvalue weighted by Crippen LogP contribution is -2.39. The summed E-state index contributed by atoms with van der Waals surface area (Å²) in [6, 6.07) is 20.2. The first-order valence-electron chi connectivity index (χ1n) is 11.7. The van der Waals surface area contributed by atoms with E-state index in [1.165, 1.54) is 11.3 Å². The number of hydrogen-bond acceptors (Lipinski definition) is 7. The Balaban J connectivity index is 1.80. The van der Waals surface area contributed by atoms with Crippen LogP contribution in [0.3, 0.4) is 0 Å². The van der Waals surface area contributed by atoms with Crippen molar-refractivity contribution in [3.63, 3.8) is 0 Å². The zero-order chi connectivity index (χ0) is 25.1.